The number of nitrogens with zero attached hydrogens (tertiary/aromatic N) is 3. The Balaban J connectivity index is 1.80. The Labute approximate surface area is 93.7 Å². The van der Waals surface area contributed by atoms with Gasteiger partial charge in [0.15, 0.2) is 0 Å². The highest BCUT2D eigenvalue weighted by atomic mass is 32.1. The van der Waals surface area contributed by atoms with Crippen molar-refractivity contribution in [3.63, 3.8) is 0 Å². The summed E-state index contributed by atoms with van der Waals surface area (Å²) < 4.78 is 4.43. The molecule has 1 aromatic rings. The van der Waals surface area contributed by atoms with Gasteiger partial charge in [0.05, 0.1) is 0 Å². The molecule has 2 atom stereocenters. The van der Waals surface area contributed by atoms with E-state index in [0.29, 0.717) is 18.0 Å². The topological polar surface area (TPSA) is 55.0 Å². The van der Waals surface area contributed by atoms with Gasteiger partial charge in [-0.05, 0) is 26.2 Å². The van der Waals surface area contributed by atoms with Gasteiger partial charge in [0, 0.05) is 36.1 Å². The van der Waals surface area contributed by atoms with Crippen LogP contribution in [0.25, 0.3) is 0 Å². The minimum Gasteiger partial charge on any atom is -0.343 e. The Hall–Kier alpha value is -0.680. The second kappa shape index (κ2) is 3.42. The van der Waals surface area contributed by atoms with Crippen molar-refractivity contribution in [3.8, 4) is 0 Å². The summed E-state index contributed by atoms with van der Waals surface area (Å²) in [7, 11) is 0. The van der Waals surface area contributed by atoms with Crippen molar-refractivity contribution >= 4 is 16.7 Å². The molecule has 1 aromatic heterocycles. The van der Waals surface area contributed by atoms with Gasteiger partial charge >= 0.3 is 0 Å². The minimum absolute atomic E-state index is 0.290. The molecule has 1 saturated heterocycles. The smallest absolute Gasteiger partial charge is 0.205 e. The van der Waals surface area contributed by atoms with Gasteiger partial charge in [-0.1, -0.05) is 0 Å². The van der Waals surface area contributed by atoms with Crippen LogP contribution in [0.3, 0.4) is 0 Å². The van der Waals surface area contributed by atoms with Crippen LogP contribution in [0.5, 0.6) is 0 Å². The maximum absolute atomic E-state index is 6.00. The molecule has 1 saturated carbocycles. The summed E-state index contributed by atoms with van der Waals surface area (Å²) in [4.78, 5) is 6.92. The lowest BCUT2D eigenvalue weighted by Gasteiger charge is -2.21. The zero-order valence-corrected chi connectivity index (χ0v) is 9.70. The molecule has 5 heteroatoms. The second-order valence-electron chi connectivity index (χ2n) is 4.60. The van der Waals surface area contributed by atoms with Gasteiger partial charge in [-0.2, -0.15) is 4.37 Å². The highest BCUT2D eigenvalue weighted by Gasteiger charge is 2.32. The van der Waals surface area contributed by atoms with Crippen LogP contribution in [0.2, 0.25) is 0 Å². The molecule has 0 aromatic carbocycles. The molecule has 2 unspecified atom stereocenters. The number of nitrogens with two attached hydrogens (primary N) is 1. The first kappa shape index (κ1) is 9.54. The van der Waals surface area contributed by atoms with Gasteiger partial charge in [-0.15, -0.1) is 0 Å². The van der Waals surface area contributed by atoms with E-state index in [-0.39, 0.29) is 0 Å². The van der Waals surface area contributed by atoms with Crippen LogP contribution in [-0.4, -0.2) is 28.0 Å². The molecule has 82 valence electrons. The molecule has 2 N–H and O–H groups in total. The predicted molar refractivity (Wildman–Crippen MR) is 61.3 cm³/mol. The van der Waals surface area contributed by atoms with E-state index in [4.69, 9.17) is 5.73 Å². The Morgan fingerprint density at radius 1 is 1.40 bits per heavy atom. The van der Waals surface area contributed by atoms with Gasteiger partial charge in [0.2, 0.25) is 5.13 Å². The van der Waals surface area contributed by atoms with Crippen molar-refractivity contribution in [3.05, 3.63) is 5.82 Å². The van der Waals surface area contributed by atoms with E-state index in [1.54, 1.807) is 0 Å². The monoisotopic (exact) mass is 224 g/mol. The van der Waals surface area contributed by atoms with Crippen molar-refractivity contribution in [1.29, 1.82) is 0 Å². The molecule has 0 spiro atoms. The maximum Gasteiger partial charge on any atom is 0.205 e. The maximum atomic E-state index is 6.00. The van der Waals surface area contributed by atoms with Gasteiger partial charge in [-0.3, -0.25) is 0 Å². The molecule has 15 heavy (non-hydrogen) atoms. The van der Waals surface area contributed by atoms with Crippen molar-refractivity contribution in [2.24, 2.45) is 5.73 Å². The lowest BCUT2D eigenvalue weighted by Crippen LogP contribution is -2.36. The quantitative estimate of drug-likeness (QED) is 0.823. The highest BCUT2D eigenvalue weighted by Crippen LogP contribution is 2.40. The lowest BCUT2D eigenvalue weighted by atomic mass is 10.2. The Morgan fingerprint density at radius 3 is 2.80 bits per heavy atom. The molecular weight excluding hydrogens is 208 g/mol. The second-order valence-corrected chi connectivity index (χ2v) is 5.33. The van der Waals surface area contributed by atoms with Crippen LogP contribution >= 0.6 is 11.5 Å². The molecule has 1 aliphatic heterocycles. The number of rotatable bonds is 2. The Morgan fingerprint density at radius 2 is 2.20 bits per heavy atom. The lowest BCUT2D eigenvalue weighted by molar-refractivity contribution is 0.623. The summed E-state index contributed by atoms with van der Waals surface area (Å²) in [5.74, 6) is 1.71. The van der Waals surface area contributed by atoms with E-state index in [9.17, 15) is 0 Å². The van der Waals surface area contributed by atoms with Crippen molar-refractivity contribution in [2.45, 2.75) is 44.2 Å². The third-order valence-corrected chi connectivity index (χ3v) is 4.20. The molecule has 2 aliphatic rings. The highest BCUT2D eigenvalue weighted by molar-refractivity contribution is 7.09. The normalized spacial score (nSPS) is 31.2. The van der Waals surface area contributed by atoms with E-state index in [1.165, 1.54) is 24.4 Å². The zero-order chi connectivity index (χ0) is 10.4. The molecule has 0 radical (unpaired) electrons. The van der Waals surface area contributed by atoms with E-state index in [2.05, 4.69) is 21.2 Å². The van der Waals surface area contributed by atoms with Crippen LogP contribution in [0, 0.1) is 0 Å². The van der Waals surface area contributed by atoms with Gasteiger partial charge in [0.1, 0.15) is 5.82 Å². The summed E-state index contributed by atoms with van der Waals surface area (Å²) in [5, 5.41) is 1.07. The van der Waals surface area contributed by atoms with E-state index < -0.39 is 0 Å². The third-order valence-electron chi connectivity index (χ3n) is 3.43. The van der Waals surface area contributed by atoms with Crippen LogP contribution in [0.4, 0.5) is 5.13 Å². The van der Waals surface area contributed by atoms with Crippen molar-refractivity contribution < 1.29 is 0 Å². The van der Waals surface area contributed by atoms with E-state index >= 15 is 0 Å². The van der Waals surface area contributed by atoms with Crippen LogP contribution < -0.4 is 10.6 Å². The third kappa shape index (κ3) is 1.63. The number of hydrogen-bond donors (Lipinski definition) is 1. The van der Waals surface area contributed by atoms with Crippen LogP contribution in [-0.2, 0) is 0 Å². The summed E-state index contributed by atoms with van der Waals surface area (Å²) in [6, 6.07) is 0.697. The van der Waals surface area contributed by atoms with E-state index in [1.807, 2.05) is 0 Å². The zero-order valence-electron chi connectivity index (χ0n) is 8.89. The largest absolute Gasteiger partial charge is 0.343 e. The summed E-state index contributed by atoms with van der Waals surface area (Å²) in [6.45, 7) is 3.21. The predicted octanol–water partition coefficient (Wildman–Crippen LogP) is 1.34. The molecule has 2 fully saturated rings. The fourth-order valence-electron chi connectivity index (χ4n) is 2.08. The van der Waals surface area contributed by atoms with Gasteiger partial charge < -0.3 is 10.6 Å². The van der Waals surface area contributed by atoms with Gasteiger partial charge in [0.25, 0.3) is 0 Å². The fraction of sp³-hybridized carbons (Fsp3) is 0.800. The van der Waals surface area contributed by atoms with Crippen molar-refractivity contribution in [1.82, 2.24) is 9.36 Å². The van der Waals surface area contributed by atoms with Gasteiger partial charge in [-0.25, -0.2) is 4.98 Å². The first-order chi connectivity index (χ1) is 7.25. The van der Waals surface area contributed by atoms with Crippen LogP contribution in [0.1, 0.15) is 37.9 Å². The Kier molecular flexibility index (Phi) is 2.17. The Bertz CT molecular complexity index is 360. The molecule has 2 heterocycles. The summed E-state index contributed by atoms with van der Waals surface area (Å²) >= 11 is 1.53. The first-order valence-corrected chi connectivity index (χ1v) is 6.39. The van der Waals surface area contributed by atoms with E-state index in [0.717, 1.165) is 23.9 Å². The van der Waals surface area contributed by atoms with Crippen LogP contribution in [0.15, 0.2) is 0 Å². The standard InChI is InChI=1S/C10H16N4S/c1-6-8(11)4-5-14(6)10-12-9(13-15-10)7-2-3-7/h6-8H,2-5,11H2,1H3. The molecule has 4 nitrogen and oxygen atoms in total. The SMILES string of the molecule is CC1C(N)CCN1c1nc(C2CC2)ns1. The molecule has 0 amide bonds. The number of aromatic nitrogens is 2. The first-order valence-electron chi connectivity index (χ1n) is 5.61. The number of anilines is 1. The molecule has 3 rings (SSSR count). The molecular formula is C10H16N4S. The molecule has 0 bridgehead atoms. The summed E-state index contributed by atoms with van der Waals surface area (Å²) in [6.07, 6.45) is 3.61. The number of hydrogen-bond acceptors (Lipinski definition) is 5. The molecule has 1 aliphatic carbocycles. The van der Waals surface area contributed by atoms with Crippen molar-refractivity contribution in [2.75, 3.05) is 11.4 Å². The fourth-order valence-corrected chi connectivity index (χ4v) is 2.95. The average Bonchev–Trinajstić information content (AvgIpc) is 2.89. The minimum atomic E-state index is 0.290. The summed E-state index contributed by atoms with van der Waals surface area (Å²) in [5.41, 5.74) is 6.00. The average molecular weight is 224 g/mol.